The molecule has 2 aromatic carbocycles. The summed E-state index contributed by atoms with van der Waals surface area (Å²) in [4.78, 5) is 11.7. The zero-order valence-electron chi connectivity index (χ0n) is 10.8. The van der Waals surface area contributed by atoms with E-state index in [0.29, 0.717) is 11.3 Å². The highest BCUT2D eigenvalue weighted by Crippen LogP contribution is 2.27. The molecule has 1 N–H and O–H groups in total. The van der Waals surface area contributed by atoms with Gasteiger partial charge in [-0.1, -0.05) is 23.7 Å². The van der Waals surface area contributed by atoms with E-state index in [-0.39, 0.29) is 10.8 Å². The Balaban J connectivity index is 1.98. The van der Waals surface area contributed by atoms with E-state index >= 15 is 0 Å². The van der Waals surface area contributed by atoms with Gasteiger partial charge >= 0.3 is 0 Å². The van der Waals surface area contributed by atoms with Gasteiger partial charge in [0.05, 0.1) is 16.7 Å². The smallest absolute Gasteiger partial charge is 0.262 e. The molecule has 0 saturated carbocycles. The quantitative estimate of drug-likeness (QED) is 0.942. The summed E-state index contributed by atoms with van der Waals surface area (Å²) < 4.78 is 18.5. The molecule has 0 heterocycles. The van der Waals surface area contributed by atoms with Crippen molar-refractivity contribution in [1.82, 2.24) is 0 Å². The molecular formula is C15H10ClFN2O2. The minimum absolute atomic E-state index is 0.0919. The van der Waals surface area contributed by atoms with Crippen molar-refractivity contribution >= 4 is 23.2 Å². The first-order valence-corrected chi connectivity index (χ1v) is 6.35. The average Bonchev–Trinajstić information content (AvgIpc) is 2.47. The molecule has 4 nitrogen and oxygen atoms in total. The third-order valence-electron chi connectivity index (χ3n) is 2.54. The summed E-state index contributed by atoms with van der Waals surface area (Å²) in [7, 11) is 0. The van der Waals surface area contributed by atoms with Gasteiger partial charge < -0.3 is 10.1 Å². The molecule has 0 saturated heterocycles. The van der Waals surface area contributed by atoms with Crippen LogP contribution in [0.3, 0.4) is 0 Å². The van der Waals surface area contributed by atoms with Crippen molar-refractivity contribution in [3.8, 4) is 11.8 Å². The minimum Gasteiger partial charge on any atom is -0.479 e. The summed E-state index contributed by atoms with van der Waals surface area (Å²) in [6.45, 7) is -0.391. The Hall–Kier alpha value is -2.58. The summed E-state index contributed by atoms with van der Waals surface area (Å²) in [5, 5.41) is 11.4. The maximum Gasteiger partial charge on any atom is 0.262 e. The molecule has 0 aromatic heterocycles. The SMILES string of the molecule is N#Cc1cccc(NC(=O)COc2c(F)cccc2Cl)c1. The van der Waals surface area contributed by atoms with Gasteiger partial charge in [-0.15, -0.1) is 0 Å². The number of hydrogen-bond acceptors (Lipinski definition) is 3. The zero-order valence-corrected chi connectivity index (χ0v) is 11.5. The maximum atomic E-state index is 13.4. The minimum atomic E-state index is -0.637. The van der Waals surface area contributed by atoms with Gasteiger partial charge in [0.25, 0.3) is 5.91 Å². The number of carbonyl (C=O) groups excluding carboxylic acids is 1. The predicted molar refractivity (Wildman–Crippen MR) is 76.7 cm³/mol. The molecular weight excluding hydrogens is 295 g/mol. The van der Waals surface area contributed by atoms with Crippen molar-refractivity contribution < 1.29 is 13.9 Å². The molecule has 0 atom stereocenters. The highest BCUT2D eigenvalue weighted by molar-refractivity contribution is 6.32. The van der Waals surface area contributed by atoms with Crippen molar-refractivity contribution in [2.24, 2.45) is 0 Å². The molecule has 0 radical (unpaired) electrons. The number of amides is 1. The lowest BCUT2D eigenvalue weighted by Gasteiger charge is -2.09. The summed E-state index contributed by atoms with van der Waals surface area (Å²) in [5.41, 5.74) is 0.883. The fourth-order valence-electron chi connectivity index (χ4n) is 1.62. The monoisotopic (exact) mass is 304 g/mol. The predicted octanol–water partition coefficient (Wildman–Crippen LogP) is 3.37. The highest BCUT2D eigenvalue weighted by atomic mass is 35.5. The second-order valence-electron chi connectivity index (χ2n) is 4.08. The molecule has 0 spiro atoms. The Kier molecular flexibility index (Phi) is 4.75. The topological polar surface area (TPSA) is 62.1 Å². The summed E-state index contributed by atoms with van der Waals surface area (Å²) >= 11 is 5.78. The number of rotatable bonds is 4. The standard InChI is InChI=1S/C15H10ClFN2O2/c16-12-5-2-6-13(17)15(12)21-9-14(20)19-11-4-1-3-10(7-11)8-18/h1-7H,9H2,(H,19,20). The van der Waals surface area contributed by atoms with Crippen LogP contribution in [0.25, 0.3) is 0 Å². The van der Waals surface area contributed by atoms with Crippen LogP contribution >= 0.6 is 11.6 Å². The van der Waals surface area contributed by atoms with Crippen molar-refractivity contribution in [1.29, 1.82) is 5.26 Å². The van der Waals surface area contributed by atoms with Crippen LogP contribution in [-0.2, 0) is 4.79 Å². The van der Waals surface area contributed by atoms with Crippen LogP contribution in [0.4, 0.5) is 10.1 Å². The maximum absolute atomic E-state index is 13.4. The number of benzene rings is 2. The number of halogens is 2. The van der Waals surface area contributed by atoms with E-state index in [2.05, 4.69) is 5.32 Å². The van der Waals surface area contributed by atoms with Crippen molar-refractivity contribution in [2.45, 2.75) is 0 Å². The molecule has 1 amide bonds. The van der Waals surface area contributed by atoms with Crippen LogP contribution in [0.15, 0.2) is 42.5 Å². The van der Waals surface area contributed by atoms with Crippen LogP contribution in [0.1, 0.15) is 5.56 Å². The molecule has 0 fully saturated rings. The van der Waals surface area contributed by atoms with Gasteiger partial charge in [0, 0.05) is 5.69 Å². The fraction of sp³-hybridized carbons (Fsp3) is 0.0667. The van der Waals surface area contributed by atoms with E-state index in [1.807, 2.05) is 6.07 Å². The molecule has 0 unspecified atom stereocenters. The number of nitrogens with zero attached hydrogens (tertiary/aromatic N) is 1. The van der Waals surface area contributed by atoms with Gasteiger partial charge in [-0.2, -0.15) is 5.26 Å². The number of nitriles is 1. The number of hydrogen-bond donors (Lipinski definition) is 1. The van der Waals surface area contributed by atoms with Gasteiger partial charge in [0.15, 0.2) is 18.2 Å². The van der Waals surface area contributed by atoms with Gasteiger partial charge in [-0.3, -0.25) is 4.79 Å². The van der Waals surface area contributed by atoms with Crippen LogP contribution in [-0.4, -0.2) is 12.5 Å². The lowest BCUT2D eigenvalue weighted by molar-refractivity contribution is -0.118. The zero-order chi connectivity index (χ0) is 15.2. The van der Waals surface area contributed by atoms with Gasteiger partial charge in [-0.25, -0.2) is 4.39 Å². The van der Waals surface area contributed by atoms with Gasteiger partial charge in [-0.05, 0) is 30.3 Å². The first-order valence-electron chi connectivity index (χ1n) is 5.97. The molecule has 2 aromatic rings. The van der Waals surface area contributed by atoms with E-state index in [1.54, 1.807) is 18.2 Å². The average molecular weight is 305 g/mol. The molecule has 0 aliphatic heterocycles. The molecule has 0 bridgehead atoms. The lowest BCUT2D eigenvalue weighted by atomic mass is 10.2. The van der Waals surface area contributed by atoms with E-state index in [0.717, 1.165) is 0 Å². The second kappa shape index (κ2) is 6.73. The molecule has 6 heteroatoms. The van der Waals surface area contributed by atoms with Crippen molar-refractivity contribution in [3.63, 3.8) is 0 Å². The number of anilines is 1. The highest BCUT2D eigenvalue weighted by Gasteiger charge is 2.10. The van der Waals surface area contributed by atoms with Crippen LogP contribution in [0.2, 0.25) is 5.02 Å². The van der Waals surface area contributed by atoms with E-state index < -0.39 is 18.3 Å². The van der Waals surface area contributed by atoms with Crippen LogP contribution in [0.5, 0.6) is 5.75 Å². The Morgan fingerprint density at radius 3 is 2.81 bits per heavy atom. The Labute approximate surface area is 125 Å². The molecule has 21 heavy (non-hydrogen) atoms. The van der Waals surface area contributed by atoms with Gasteiger partial charge in [0.1, 0.15) is 0 Å². The second-order valence-corrected chi connectivity index (χ2v) is 4.49. The number of para-hydroxylation sites is 1. The van der Waals surface area contributed by atoms with E-state index in [9.17, 15) is 9.18 Å². The van der Waals surface area contributed by atoms with E-state index in [1.165, 1.54) is 24.3 Å². The van der Waals surface area contributed by atoms with Crippen molar-refractivity contribution in [2.75, 3.05) is 11.9 Å². The number of carbonyl (C=O) groups is 1. The fourth-order valence-corrected chi connectivity index (χ4v) is 1.84. The molecule has 106 valence electrons. The van der Waals surface area contributed by atoms with Gasteiger partial charge in [0.2, 0.25) is 0 Å². The lowest BCUT2D eigenvalue weighted by Crippen LogP contribution is -2.20. The third kappa shape index (κ3) is 3.94. The normalized spacial score (nSPS) is 9.76. The van der Waals surface area contributed by atoms with Crippen LogP contribution < -0.4 is 10.1 Å². The first-order chi connectivity index (χ1) is 10.1. The Bertz CT molecular complexity index is 693. The molecule has 0 aliphatic rings. The summed E-state index contributed by atoms with van der Waals surface area (Å²) in [6, 6.07) is 12.5. The van der Waals surface area contributed by atoms with Crippen molar-refractivity contribution in [3.05, 3.63) is 58.9 Å². The summed E-state index contributed by atoms with van der Waals surface area (Å²) in [6.07, 6.45) is 0. The third-order valence-corrected chi connectivity index (χ3v) is 2.84. The Morgan fingerprint density at radius 2 is 2.10 bits per heavy atom. The first kappa shape index (κ1) is 14.8. The summed E-state index contributed by atoms with van der Waals surface area (Å²) in [5.74, 6) is -1.29. The van der Waals surface area contributed by atoms with Crippen LogP contribution in [0, 0.1) is 17.1 Å². The molecule has 2 rings (SSSR count). The largest absolute Gasteiger partial charge is 0.479 e. The Morgan fingerprint density at radius 1 is 1.33 bits per heavy atom. The van der Waals surface area contributed by atoms with E-state index in [4.69, 9.17) is 21.6 Å². The molecule has 0 aliphatic carbocycles. The number of nitrogens with one attached hydrogen (secondary N) is 1. The number of ether oxygens (including phenoxy) is 1.